The molecule has 0 saturated heterocycles. The Balaban J connectivity index is 1.67. The van der Waals surface area contributed by atoms with Crippen molar-refractivity contribution in [2.45, 2.75) is 64.7 Å². The van der Waals surface area contributed by atoms with E-state index in [9.17, 15) is 9.18 Å². The van der Waals surface area contributed by atoms with Crippen molar-refractivity contribution in [1.29, 1.82) is 0 Å². The third kappa shape index (κ3) is 4.42. The number of allylic oxidation sites excluding steroid dienone is 1. The van der Waals surface area contributed by atoms with E-state index in [1.165, 1.54) is 50.2 Å². The maximum Gasteiger partial charge on any atom is 0.303 e. The molecule has 25 heavy (non-hydrogen) atoms. The second-order valence-electron chi connectivity index (χ2n) is 7.36. The first kappa shape index (κ1) is 18.0. The highest BCUT2D eigenvalue weighted by Gasteiger charge is 2.25. The Kier molecular flexibility index (Phi) is 5.77. The number of hydrogen-bond acceptors (Lipinski definition) is 2. The van der Waals surface area contributed by atoms with Gasteiger partial charge in [-0.1, -0.05) is 18.4 Å². The van der Waals surface area contributed by atoms with Crippen LogP contribution in [-0.4, -0.2) is 17.7 Å². The monoisotopic (exact) mass is 346 g/mol. The first-order chi connectivity index (χ1) is 12.0. The van der Waals surface area contributed by atoms with Gasteiger partial charge >= 0.3 is 5.97 Å². The van der Waals surface area contributed by atoms with Crippen LogP contribution in [-0.2, 0) is 11.2 Å². The Morgan fingerprint density at radius 1 is 1.24 bits per heavy atom. The van der Waals surface area contributed by atoms with Crippen LogP contribution in [0.2, 0.25) is 0 Å². The van der Waals surface area contributed by atoms with E-state index in [2.05, 4.69) is 0 Å². The fraction of sp³-hybridized carbons (Fsp3) is 0.571. The van der Waals surface area contributed by atoms with Crippen molar-refractivity contribution in [3.05, 3.63) is 40.2 Å². The molecule has 0 unspecified atom stereocenters. The third-order valence-electron chi connectivity index (χ3n) is 5.63. The third-order valence-corrected chi connectivity index (χ3v) is 5.63. The fourth-order valence-corrected chi connectivity index (χ4v) is 4.24. The lowest BCUT2D eigenvalue weighted by molar-refractivity contribution is -0.136. The summed E-state index contributed by atoms with van der Waals surface area (Å²) in [6.45, 7) is 2.36. The Morgan fingerprint density at radius 2 is 2.00 bits per heavy atom. The first-order valence-electron chi connectivity index (χ1n) is 9.39. The molecule has 3 rings (SSSR count). The van der Waals surface area contributed by atoms with E-state index < -0.39 is 11.8 Å². The zero-order valence-corrected chi connectivity index (χ0v) is 14.9. The second kappa shape index (κ2) is 8.03. The van der Waals surface area contributed by atoms with Crippen LogP contribution >= 0.6 is 0 Å². The molecule has 3 nitrogen and oxygen atoms in total. The lowest BCUT2D eigenvalue weighted by Gasteiger charge is -2.16. The molecule has 1 N–H and O–H groups in total. The van der Waals surface area contributed by atoms with Crippen LogP contribution in [0, 0.1) is 18.7 Å². The summed E-state index contributed by atoms with van der Waals surface area (Å²) in [6, 6.07) is 3.13. The lowest BCUT2D eigenvalue weighted by Crippen LogP contribution is -2.07. The van der Waals surface area contributed by atoms with Gasteiger partial charge in [0, 0.05) is 6.42 Å². The average molecular weight is 346 g/mol. The normalized spacial score (nSPS) is 18.2. The summed E-state index contributed by atoms with van der Waals surface area (Å²) >= 11 is 0. The van der Waals surface area contributed by atoms with Crippen LogP contribution < -0.4 is 4.74 Å². The Bertz CT molecular complexity index is 672. The number of carboxylic acids is 1. The molecule has 0 amide bonds. The summed E-state index contributed by atoms with van der Waals surface area (Å²) in [6.07, 6.45) is 9.05. The predicted molar refractivity (Wildman–Crippen MR) is 95.4 cm³/mol. The molecule has 0 bridgehead atoms. The molecule has 0 spiro atoms. The van der Waals surface area contributed by atoms with Crippen LogP contribution in [0.5, 0.6) is 5.75 Å². The highest BCUT2D eigenvalue weighted by atomic mass is 19.1. The zero-order chi connectivity index (χ0) is 17.8. The number of rotatable bonds is 7. The predicted octanol–water partition coefficient (Wildman–Crippen LogP) is 5.20. The summed E-state index contributed by atoms with van der Waals surface area (Å²) < 4.78 is 20.2. The van der Waals surface area contributed by atoms with E-state index in [0.29, 0.717) is 13.0 Å². The van der Waals surface area contributed by atoms with E-state index in [1.807, 2.05) is 6.92 Å². The van der Waals surface area contributed by atoms with Gasteiger partial charge in [-0.05, 0) is 80.2 Å². The second-order valence-corrected chi connectivity index (χ2v) is 7.36. The number of aryl methyl sites for hydroxylation is 2. The quantitative estimate of drug-likeness (QED) is 0.690. The largest absolute Gasteiger partial charge is 0.486 e. The van der Waals surface area contributed by atoms with Gasteiger partial charge in [0.15, 0.2) is 11.6 Å². The maximum absolute atomic E-state index is 14.3. The lowest BCUT2D eigenvalue weighted by atomic mass is 9.94. The van der Waals surface area contributed by atoms with Crippen LogP contribution in [0.15, 0.2) is 23.3 Å². The number of aliphatic carboxylic acids is 1. The maximum atomic E-state index is 14.3. The average Bonchev–Trinajstić information content (AvgIpc) is 3.24. The van der Waals surface area contributed by atoms with Crippen molar-refractivity contribution in [3.63, 3.8) is 0 Å². The van der Waals surface area contributed by atoms with Crippen molar-refractivity contribution in [2.75, 3.05) is 6.61 Å². The van der Waals surface area contributed by atoms with Crippen molar-refractivity contribution >= 4 is 5.97 Å². The van der Waals surface area contributed by atoms with Gasteiger partial charge < -0.3 is 9.84 Å². The van der Waals surface area contributed by atoms with E-state index in [0.717, 1.165) is 23.5 Å². The molecule has 1 aromatic carbocycles. The van der Waals surface area contributed by atoms with Gasteiger partial charge in [0.1, 0.15) is 6.61 Å². The molecule has 0 radical (unpaired) electrons. The molecule has 0 aromatic heterocycles. The highest BCUT2D eigenvalue weighted by molar-refractivity contribution is 5.67. The van der Waals surface area contributed by atoms with E-state index in [1.54, 1.807) is 11.6 Å². The van der Waals surface area contributed by atoms with Gasteiger partial charge in [-0.2, -0.15) is 0 Å². The van der Waals surface area contributed by atoms with Gasteiger partial charge in [-0.25, -0.2) is 4.39 Å². The minimum Gasteiger partial charge on any atom is -0.486 e. The first-order valence-corrected chi connectivity index (χ1v) is 9.39. The molecule has 0 aliphatic heterocycles. The number of ether oxygens (including phenoxy) is 1. The minimum atomic E-state index is -0.868. The summed E-state index contributed by atoms with van der Waals surface area (Å²) in [5, 5.41) is 8.79. The summed E-state index contributed by atoms with van der Waals surface area (Å²) in [5.41, 5.74) is 4.57. The Morgan fingerprint density at radius 3 is 2.72 bits per heavy atom. The van der Waals surface area contributed by atoms with Gasteiger partial charge in [0.2, 0.25) is 0 Å². The van der Waals surface area contributed by atoms with E-state index in [-0.39, 0.29) is 12.2 Å². The van der Waals surface area contributed by atoms with Crippen molar-refractivity contribution in [1.82, 2.24) is 0 Å². The molecule has 4 heteroatoms. The minimum absolute atomic E-state index is 0.0120. The van der Waals surface area contributed by atoms with Gasteiger partial charge in [0.05, 0.1) is 0 Å². The van der Waals surface area contributed by atoms with Gasteiger partial charge in [-0.3, -0.25) is 4.79 Å². The number of carboxylic acid groups (broad SMARTS) is 1. The van der Waals surface area contributed by atoms with E-state index in [4.69, 9.17) is 9.84 Å². The molecule has 2 aliphatic rings. The summed E-state index contributed by atoms with van der Waals surface area (Å²) in [4.78, 5) is 10.7. The number of benzene rings is 1. The van der Waals surface area contributed by atoms with Gasteiger partial charge in [-0.15, -0.1) is 0 Å². The molecule has 136 valence electrons. The molecular weight excluding hydrogens is 319 g/mol. The SMILES string of the molecule is Cc1cc(OCC2=C(C3CCCC3)CCC2)c(F)cc1CCC(=O)O. The Labute approximate surface area is 148 Å². The fourth-order valence-electron chi connectivity index (χ4n) is 4.24. The van der Waals surface area contributed by atoms with Crippen LogP contribution in [0.1, 0.15) is 62.5 Å². The zero-order valence-electron chi connectivity index (χ0n) is 14.9. The van der Waals surface area contributed by atoms with Crippen LogP contribution in [0.25, 0.3) is 0 Å². The van der Waals surface area contributed by atoms with E-state index >= 15 is 0 Å². The molecule has 1 saturated carbocycles. The molecule has 2 aliphatic carbocycles. The molecule has 1 fully saturated rings. The van der Waals surface area contributed by atoms with Crippen molar-refractivity contribution < 1.29 is 19.0 Å². The Hall–Kier alpha value is -1.84. The summed E-state index contributed by atoms with van der Waals surface area (Å²) in [7, 11) is 0. The topological polar surface area (TPSA) is 46.5 Å². The number of carbonyl (C=O) groups is 1. The highest BCUT2D eigenvalue weighted by Crippen LogP contribution is 2.40. The number of halogens is 1. The molecule has 0 heterocycles. The van der Waals surface area contributed by atoms with Crippen molar-refractivity contribution in [3.8, 4) is 5.75 Å². The van der Waals surface area contributed by atoms with Crippen molar-refractivity contribution in [2.24, 2.45) is 5.92 Å². The smallest absolute Gasteiger partial charge is 0.303 e. The number of hydrogen-bond donors (Lipinski definition) is 1. The molecule has 1 aromatic rings. The van der Waals surface area contributed by atoms with Crippen LogP contribution in [0.4, 0.5) is 4.39 Å². The van der Waals surface area contributed by atoms with Crippen LogP contribution in [0.3, 0.4) is 0 Å². The van der Waals surface area contributed by atoms with Gasteiger partial charge in [0.25, 0.3) is 0 Å². The molecule has 0 atom stereocenters. The standard InChI is InChI=1S/C21H27FO3/c1-14-11-20(19(22)12-16(14)9-10-21(23)24)25-13-17-7-4-8-18(17)15-5-2-3-6-15/h11-12,15H,2-10,13H2,1H3,(H,23,24). The molecular formula is C21H27FO3. The summed E-state index contributed by atoms with van der Waals surface area (Å²) in [5.74, 6) is -0.257.